The van der Waals surface area contributed by atoms with Gasteiger partial charge in [0.1, 0.15) is 12.4 Å². The van der Waals surface area contributed by atoms with E-state index in [2.05, 4.69) is 101 Å². The number of fused-ring (bicyclic) bond motifs is 1. The van der Waals surface area contributed by atoms with Crippen molar-refractivity contribution < 1.29 is 4.74 Å². The molecule has 156 valence electrons. The first-order chi connectivity index (χ1) is 15.4. The van der Waals surface area contributed by atoms with Crippen LogP contribution in [0, 0.1) is 0 Å². The van der Waals surface area contributed by atoms with Crippen LogP contribution in [0.5, 0.6) is 5.75 Å². The van der Waals surface area contributed by atoms with Gasteiger partial charge in [-0.05, 0) is 28.0 Å². The van der Waals surface area contributed by atoms with Crippen molar-refractivity contribution in [3.8, 4) is 5.75 Å². The zero-order valence-corrected chi connectivity index (χ0v) is 17.7. The Morgan fingerprint density at radius 3 is 2.26 bits per heavy atom. The molecule has 1 aliphatic heterocycles. The Morgan fingerprint density at radius 1 is 0.710 bits per heavy atom. The molecule has 1 aliphatic rings. The zero-order chi connectivity index (χ0) is 20.9. The zero-order valence-electron chi connectivity index (χ0n) is 17.7. The molecule has 4 aromatic carbocycles. The second-order valence-corrected chi connectivity index (χ2v) is 8.07. The van der Waals surface area contributed by atoms with Crippen LogP contribution in [0.15, 0.2) is 97.1 Å². The SMILES string of the molecule is c1ccc(COc2ccccc2C(c2cccc3ccccc23)N2CCNCC2)cc1. The maximum atomic E-state index is 6.39. The highest BCUT2D eigenvalue weighted by atomic mass is 16.5. The number of nitrogens with zero attached hydrogens (tertiary/aromatic N) is 1. The molecule has 3 heteroatoms. The lowest BCUT2D eigenvalue weighted by atomic mass is 9.91. The van der Waals surface area contributed by atoms with E-state index >= 15 is 0 Å². The largest absolute Gasteiger partial charge is 0.489 e. The minimum atomic E-state index is 0.153. The molecular weight excluding hydrogens is 380 g/mol. The van der Waals surface area contributed by atoms with Crippen LogP contribution in [0.3, 0.4) is 0 Å². The lowest BCUT2D eigenvalue weighted by molar-refractivity contribution is 0.193. The Bertz CT molecular complexity index is 1130. The third-order valence-electron chi connectivity index (χ3n) is 6.09. The van der Waals surface area contributed by atoms with Gasteiger partial charge in [0.15, 0.2) is 0 Å². The van der Waals surface area contributed by atoms with Crippen molar-refractivity contribution in [3.63, 3.8) is 0 Å². The van der Waals surface area contributed by atoms with Crippen molar-refractivity contribution in [2.45, 2.75) is 12.6 Å². The number of para-hydroxylation sites is 1. The standard InChI is InChI=1S/C28H28N2O/c1-2-9-22(10-3-1)21-31-27-16-7-6-14-26(27)28(30-19-17-29-18-20-30)25-15-8-12-23-11-4-5-13-24(23)25/h1-16,28-29H,17-21H2. The number of benzene rings is 4. The minimum Gasteiger partial charge on any atom is -0.489 e. The maximum absolute atomic E-state index is 6.39. The Balaban J connectivity index is 1.57. The van der Waals surface area contributed by atoms with E-state index in [4.69, 9.17) is 4.74 Å². The fourth-order valence-electron chi connectivity index (χ4n) is 4.56. The summed E-state index contributed by atoms with van der Waals surface area (Å²) in [5.74, 6) is 0.961. The van der Waals surface area contributed by atoms with Crippen molar-refractivity contribution in [3.05, 3.63) is 114 Å². The Kier molecular flexibility index (Phi) is 5.96. The second-order valence-electron chi connectivity index (χ2n) is 8.07. The van der Waals surface area contributed by atoms with E-state index in [9.17, 15) is 0 Å². The highest BCUT2D eigenvalue weighted by molar-refractivity contribution is 5.86. The van der Waals surface area contributed by atoms with Gasteiger partial charge in [-0.25, -0.2) is 0 Å². The summed E-state index contributed by atoms with van der Waals surface area (Å²) in [5.41, 5.74) is 3.76. The number of rotatable bonds is 6. The molecule has 3 nitrogen and oxygen atoms in total. The molecule has 1 N–H and O–H groups in total. The third kappa shape index (κ3) is 4.34. The molecule has 1 unspecified atom stereocenters. The van der Waals surface area contributed by atoms with Crippen LogP contribution in [0.25, 0.3) is 10.8 Å². The summed E-state index contributed by atoms with van der Waals surface area (Å²) in [6, 6.07) is 34.4. The van der Waals surface area contributed by atoms with Crippen LogP contribution in [-0.4, -0.2) is 31.1 Å². The van der Waals surface area contributed by atoms with Crippen LogP contribution in [0.4, 0.5) is 0 Å². The first-order valence-electron chi connectivity index (χ1n) is 11.1. The van der Waals surface area contributed by atoms with Crippen molar-refractivity contribution in [1.29, 1.82) is 0 Å². The summed E-state index contributed by atoms with van der Waals surface area (Å²) in [7, 11) is 0. The molecule has 1 atom stereocenters. The van der Waals surface area contributed by atoms with E-state index < -0.39 is 0 Å². The molecule has 5 rings (SSSR count). The Labute approximate surface area is 184 Å². The van der Waals surface area contributed by atoms with E-state index in [0.717, 1.165) is 31.9 Å². The summed E-state index contributed by atoms with van der Waals surface area (Å²) in [6.07, 6.45) is 0. The van der Waals surface area contributed by atoms with Gasteiger partial charge in [-0.1, -0.05) is 91.0 Å². The Morgan fingerprint density at radius 2 is 1.39 bits per heavy atom. The minimum absolute atomic E-state index is 0.153. The highest BCUT2D eigenvalue weighted by Crippen LogP contribution is 2.38. The van der Waals surface area contributed by atoms with Gasteiger partial charge in [0, 0.05) is 31.7 Å². The van der Waals surface area contributed by atoms with Gasteiger partial charge in [-0.3, -0.25) is 4.90 Å². The summed E-state index contributed by atoms with van der Waals surface area (Å²) < 4.78 is 6.39. The maximum Gasteiger partial charge on any atom is 0.124 e. The lowest BCUT2D eigenvalue weighted by Crippen LogP contribution is -2.45. The molecule has 0 amide bonds. The monoisotopic (exact) mass is 408 g/mol. The first kappa shape index (κ1) is 19.8. The molecular formula is C28H28N2O. The van der Waals surface area contributed by atoms with E-state index in [-0.39, 0.29) is 6.04 Å². The number of ether oxygens (including phenoxy) is 1. The molecule has 0 spiro atoms. The fourth-order valence-corrected chi connectivity index (χ4v) is 4.56. The van der Waals surface area contributed by atoms with Gasteiger partial charge in [-0.2, -0.15) is 0 Å². The number of nitrogens with one attached hydrogen (secondary N) is 1. The van der Waals surface area contributed by atoms with Crippen molar-refractivity contribution in [2.75, 3.05) is 26.2 Å². The van der Waals surface area contributed by atoms with Gasteiger partial charge in [-0.15, -0.1) is 0 Å². The smallest absolute Gasteiger partial charge is 0.124 e. The van der Waals surface area contributed by atoms with Crippen molar-refractivity contribution >= 4 is 10.8 Å². The second kappa shape index (κ2) is 9.34. The van der Waals surface area contributed by atoms with Crippen molar-refractivity contribution in [1.82, 2.24) is 10.2 Å². The van der Waals surface area contributed by atoms with Crippen LogP contribution in [0.1, 0.15) is 22.7 Å². The molecule has 1 heterocycles. The average Bonchev–Trinajstić information content (AvgIpc) is 2.85. The molecule has 0 aliphatic carbocycles. The quantitative estimate of drug-likeness (QED) is 0.461. The molecule has 1 saturated heterocycles. The van der Waals surface area contributed by atoms with E-state index in [1.165, 1.54) is 27.5 Å². The van der Waals surface area contributed by atoms with Crippen molar-refractivity contribution in [2.24, 2.45) is 0 Å². The molecule has 0 bridgehead atoms. The summed E-state index contributed by atoms with van der Waals surface area (Å²) in [6.45, 7) is 4.62. The number of piperazine rings is 1. The van der Waals surface area contributed by atoms with Gasteiger partial charge in [0.2, 0.25) is 0 Å². The predicted molar refractivity (Wildman–Crippen MR) is 127 cm³/mol. The third-order valence-corrected chi connectivity index (χ3v) is 6.09. The molecule has 0 saturated carbocycles. The van der Waals surface area contributed by atoms with E-state index in [1.807, 2.05) is 6.07 Å². The Hall–Kier alpha value is -3.14. The number of hydrogen-bond acceptors (Lipinski definition) is 3. The highest BCUT2D eigenvalue weighted by Gasteiger charge is 2.27. The van der Waals surface area contributed by atoms with Gasteiger partial charge >= 0.3 is 0 Å². The molecule has 1 fully saturated rings. The van der Waals surface area contributed by atoms with E-state index in [1.54, 1.807) is 0 Å². The normalized spacial score (nSPS) is 15.6. The summed E-state index contributed by atoms with van der Waals surface area (Å²) >= 11 is 0. The fraction of sp³-hybridized carbons (Fsp3) is 0.214. The van der Waals surface area contributed by atoms with E-state index in [0.29, 0.717) is 6.61 Å². The van der Waals surface area contributed by atoms with Crippen LogP contribution < -0.4 is 10.1 Å². The number of hydrogen-bond donors (Lipinski definition) is 1. The van der Waals surface area contributed by atoms with Gasteiger partial charge < -0.3 is 10.1 Å². The molecule has 31 heavy (non-hydrogen) atoms. The average molecular weight is 409 g/mol. The lowest BCUT2D eigenvalue weighted by Gasteiger charge is -2.36. The van der Waals surface area contributed by atoms with Gasteiger partial charge in [0.05, 0.1) is 6.04 Å². The van der Waals surface area contributed by atoms with Crippen LogP contribution in [-0.2, 0) is 6.61 Å². The molecule has 4 aromatic rings. The van der Waals surface area contributed by atoms with Gasteiger partial charge in [0.25, 0.3) is 0 Å². The molecule has 0 aromatic heterocycles. The summed E-state index contributed by atoms with van der Waals surface area (Å²) in [5, 5.41) is 6.09. The van der Waals surface area contributed by atoms with Crippen LogP contribution >= 0.6 is 0 Å². The predicted octanol–water partition coefficient (Wildman–Crippen LogP) is 5.41. The molecule has 0 radical (unpaired) electrons. The summed E-state index contributed by atoms with van der Waals surface area (Å²) in [4.78, 5) is 2.59. The van der Waals surface area contributed by atoms with Crippen LogP contribution in [0.2, 0.25) is 0 Å². The topological polar surface area (TPSA) is 24.5 Å². The first-order valence-corrected chi connectivity index (χ1v) is 11.1.